The van der Waals surface area contributed by atoms with Crippen LogP contribution in [0.4, 0.5) is 0 Å². The van der Waals surface area contributed by atoms with Crippen molar-refractivity contribution >= 4 is 17.9 Å². The zero-order valence-electron chi connectivity index (χ0n) is 14.2. The number of carboxylic acids is 1. The van der Waals surface area contributed by atoms with Crippen LogP contribution in [0.2, 0.25) is 0 Å². The van der Waals surface area contributed by atoms with Crippen molar-refractivity contribution < 1.29 is 29.0 Å². The van der Waals surface area contributed by atoms with Gasteiger partial charge >= 0.3 is 17.9 Å². The van der Waals surface area contributed by atoms with Crippen molar-refractivity contribution in [3.05, 3.63) is 47.5 Å². The Hall–Kier alpha value is -2.63. The first kappa shape index (κ1) is 19.4. The van der Waals surface area contributed by atoms with Crippen LogP contribution in [0.25, 0.3) is 0 Å². The van der Waals surface area contributed by atoms with E-state index in [1.807, 2.05) is 0 Å². The Kier molecular flexibility index (Phi) is 7.17. The predicted molar refractivity (Wildman–Crippen MR) is 87.4 cm³/mol. The van der Waals surface area contributed by atoms with E-state index in [0.717, 1.165) is 0 Å². The molecule has 6 heteroatoms. The number of carbonyl (C=O) groups is 3. The Morgan fingerprint density at radius 2 is 1.67 bits per heavy atom. The molecule has 2 unspecified atom stereocenters. The minimum atomic E-state index is -1.59. The first-order valence-corrected chi connectivity index (χ1v) is 7.60. The largest absolute Gasteiger partial charge is 0.478 e. The molecular weight excluding hydrogens is 312 g/mol. The Bertz CT molecular complexity index is 618. The zero-order valence-corrected chi connectivity index (χ0v) is 14.2. The summed E-state index contributed by atoms with van der Waals surface area (Å²) in [5.41, 5.74) is 0.571. The van der Waals surface area contributed by atoms with Crippen LogP contribution in [0.3, 0.4) is 0 Å². The van der Waals surface area contributed by atoms with Crippen LogP contribution in [-0.4, -0.2) is 35.2 Å². The van der Waals surface area contributed by atoms with Crippen LogP contribution >= 0.6 is 0 Å². The number of benzene rings is 1. The molecule has 0 heterocycles. The molecule has 130 valence electrons. The van der Waals surface area contributed by atoms with E-state index in [1.54, 1.807) is 52.0 Å². The first-order chi connectivity index (χ1) is 11.3. The highest BCUT2D eigenvalue weighted by atomic mass is 16.6. The normalized spacial score (nSPS) is 14.0. The average molecular weight is 334 g/mol. The van der Waals surface area contributed by atoms with Gasteiger partial charge in [-0.3, -0.25) is 0 Å². The highest BCUT2D eigenvalue weighted by molar-refractivity contribution is 5.92. The van der Waals surface area contributed by atoms with E-state index in [9.17, 15) is 19.5 Å². The Balaban J connectivity index is 2.99. The van der Waals surface area contributed by atoms with Crippen molar-refractivity contribution in [1.82, 2.24) is 0 Å². The van der Waals surface area contributed by atoms with E-state index >= 15 is 0 Å². The average Bonchev–Trinajstić information content (AvgIpc) is 2.56. The quantitative estimate of drug-likeness (QED) is 0.609. The standard InChI is InChI=1S/C18H22O6/c1-5-12(4)17(21)23-14(11(2)3)15(16(19)20)24-18(22)13-9-7-6-8-10-13/h5-11,14-15H,1-4H3,(H,19,20). The third kappa shape index (κ3) is 5.22. The van der Waals surface area contributed by atoms with E-state index in [4.69, 9.17) is 9.47 Å². The van der Waals surface area contributed by atoms with Crippen LogP contribution in [0.15, 0.2) is 42.0 Å². The van der Waals surface area contributed by atoms with E-state index in [2.05, 4.69) is 0 Å². The molecule has 1 rings (SSSR count). The summed E-state index contributed by atoms with van der Waals surface area (Å²) in [5.74, 6) is -3.15. The Morgan fingerprint density at radius 3 is 2.12 bits per heavy atom. The van der Waals surface area contributed by atoms with Gasteiger partial charge in [0.25, 0.3) is 0 Å². The fourth-order valence-corrected chi connectivity index (χ4v) is 1.90. The predicted octanol–water partition coefficient (Wildman–Crippen LogP) is 2.83. The molecule has 1 aromatic rings. The highest BCUT2D eigenvalue weighted by Crippen LogP contribution is 2.18. The van der Waals surface area contributed by atoms with Crippen molar-refractivity contribution in [2.45, 2.75) is 39.9 Å². The molecule has 0 spiro atoms. The lowest BCUT2D eigenvalue weighted by Gasteiger charge is -2.27. The summed E-state index contributed by atoms with van der Waals surface area (Å²) in [7, 11) is 0. The zero-order chi connectivity index (χ0) is 18.3. The number of ether oxygens (including phenoxy) is 2. The van der Waals surface area contributed by atoms with E-state index < -0.39 is 30.1 Å². The lowest BCUT2D eigenvalue weighted by Crippen LogP contribution is -2.44. The molecule has 2 atom stereocenters. The van der Waals surface area contributed by atoms with Gasteiger partial charge in [0.2, 0.25) is 6.10 Å². The maximum absolute atomic E-state index is 12.1. The molecule has 0 radical (unpaired) electrons. The fourth-order valence-electron chi connectivity index (χ4n) is 1.90. The van der Waals surface area contributed by atoms with Crippen molar-refractivity contribution in [2.24, 2.45) is 5.92 Å². The summed E-state index contributed by atoms with van der Waals surface area (Å²) in [4.78, 5) is 35.6. The topological polar surface area (TPSA) is 89.9 Å². The maximum atomic E-state index is 12.1. The molecule has 0 fully saturated rings. The van der Waals surface area contributed by atoms with Gasteiger partial charge in [-0.1, -0.05) is 38.1 Å². The number of aliphatic carboxylic acids is 1. The summed E-state index contributed by atoms with van der Waals surface area (Å²) in [6.45, 7) is 6.61. The third-order valence-electron chi connectivity index (χ3n) is 3.44. The Labute approximate surface area is 141 Å². The van der Waals surface area contributed by atoms with Gasteiger partial charge in [0, 0.05) is 5.57 Å². The molecule has 0 aliphatic carbocycles. The molecule has 0 aliphatic rings. The third-order valence-corrected chi connectivity index (χ3v) is 3.44. The molecular formula is C18H22O6. The van der Waals surface area contributed by atoms with Gasteiger partial charge in [-0.2, -0.15) is 0 Å². The molecule has 6 nitrogen and oxygen atoms in total. The molecule has 1 aromatic carbocycles. The molecule has 0 aromatic heterocycles. The second-order valence-corrected chi connectivity index (χ2v) is 5.62. The van der Waals surface area contributed by atoms with Crippen molar-refractivity contribution in [1.29, 1.82) is 0 Å². The lowest BCUT2D eigenvalue weighted by atomic mass is 10.0. The number of esters is 2. The summed E-state index contributed by atoms with van der Waals surface area (Å²) in [6, 6.07) is 8.04. The number of carbonyl (C=O) groups excluding carboxylic acids is 2. The minimum Gasteiger partial charge on any atom is -0.478 e. The molecule has 24 heavy (non-hydrogen) atoms. The maximum Gasteiger partial charge on any atom is 0.349 e. The van der Waals surface area contributed by atoms with Crippen LogP contribution in [0.5, 0.6) is 0 Å². The second-order valence-electron chi connectivity index (χ2n) is 5.62. The van der Waals surface area contributed by atoms with Crippen LogP contribution in [0.1, 0.15) is 38.1 Å². The van der Waals surface area contributed by atoms with Gasteiger partial charge in [0.05, 0.1) is 5.56 Å². The number of hydrogen-bond donors (Lipinski definition) is 1. The van der Waals surface area contributed by atoms with Gasteiger partial charge in [-0.05, 0) is 31.9 Å². The summed E-state index contributed by atoms with van der Waals surface area (Å²) in [5, 5.41) is 9.41. The monoisotopic (exact) mass is 334 g/mol. The van der Waals surface area contributed by atoms with Crippen molar-refractivity contribution in [2.75, 3.05) is 0 Å². The molecule has 0 amide bonds. The number of carboxylic acid groups (broad SMARTS) is 1. The smallest absolute Gasteiger partial charge is 0.349 e. The number of hydrogen-bond acceptors (Lipinski definition) is 5. The lowest BCUT2D eigenvalue weighted by molar-refractivity contribution is -0.167. The molecule has 0 aliphatic heterocycles. The number of rotatable bonds is 7. The minimum absolute atomic E-state index is 0.224. The molecule has 0 bridgehead atoms. The second kappa shape index (κ2) is 8.86. The van der Waals surface area contributed by atoms with E-state index in [-0.39, 0.29) is 11.5 Å². The van der Waals surface area contributed by atoms with E-state index in [1.165, 1.54) is 12.1 Å². The van der Waals surface area contributed by atoms with Crippen molar-refractivity contribution in [3.63, 3.8) is 0 Å². The van der Waals surface area contributed by atoms with Gasteiger partial charge in [0.15, 0.2) is 6.10 Å². The van der Waals surface area contributed by atoms with Crippen molar-refractivity contribution in [3.8, 4) is 0 Å². The Morgan fingerprint density at radius 1 is 1.08 bits per heavy atom. The summed E-state index contributed by atoms with van der Waals surface area (Å²) >= 11 is 0. The highest BCUT2D eigenvalue weighted by Gasteiger charge is 2.37. The molecule has 0 saturated carbocycles. The van der Waals surface area contributed by atoms with E-state index in [0.29, 0.717) is 5.57 Å². The van der Waals surface area contributed by atoms with Gasteiger partial charge in [-0.15, -0.1) is 0 Å². The van der Waals surface area contributed by atoms with Gasteiger partial charge in [0.1, 0.15) is 0 Å². The van der Waals surface area contributed by atoms with Crippen LogP contribution in [0, 0.1) is 5.92 Å². The van der Waals surface area contributed by atoms with Gasteiger partial charge in [-0.25, -0.2) is 14.4 Å². The summed E-state index contributed by atoms with van der Waals surface area (Å²) in [6.07, 6.45) is -1.13. The SMILES string of the molecule is CC=C(C)C(=O)OC(C(C)C)C(OC(=O)c1ccccc1)C(=O)O. The molecule has 0 saturated heterocycles. The number of allylic oxidation sites excluding steroid dienone is 1. The first-order valence-electron chi connectivity index (χ1n) is 7.60. The van der Waals surface area contributed by atoms with Crippen LogP contribution < -0.4 is 0 Å². The van der Waals surface area contributed by atoms with Crippen LogP contribution in [-0.2, 0) is 19.1 Å². The summed E-state index contributed by atoms with van der Waals surface area (Å²) < 4.78 is 10.4. The fraction of sp³-hybridized carbons (Fsp3) is 0.389. The van der Waals surface area contributed by atoms with Gasteiger partial charge < -0.3 is 14.6 Å². The molecule has 1 N–H and O–H groups in total.